The lowest BCUT2D eigenvalue weighted by Crippen LogP contribution is -2.00. The van der Waals surface area contributed by atoms with E-state index in [0.29, 0.717) is 17.4 Å². The van der Waals surface area contributed by atoms with Crippen LogP contribution in [0.1, 0.15) is 11.1 Å². The van der Waals surface area contributed by atoms with E-state index in [0.717, 1.165) is 18.1 Å². The fourth-order valence-electron chi connectivity index (χ4n) is 1.62. The average Bonchev–Trinajstić information content (AvgIpc) is 2.92. The van der Waals surface area contributed by atoms with Crippen LogP contribution in [0.25, 0.3) is 6.08 Å². The summed E-state index contributed by atoms with van der Waals surface area (Å²) in [7, 11) is 0. The highest BCUT2D eigenvalue weighted by atomic mass is 35.5. The Morgan fingerprint density at radius 3 is 2.90 bits per heavy atom. The van der Waals surface area contributed by atoms with Crippen LogP contribution < -0.4 is 4.74 Å². The zero-order chi connectivity index (χ0) is 14.4. The molecular formula is C15H13ClO3S. The summed E-state index contributed by atoms with van der Waals surface area (Å²) in [6.07, 6.45) is 3.40. The van der Waals surface area contributed by atoms with Gasteiger partial charge in [-0.05, 0) is 46.2 Å². The molecule has 3 nitrogen and oxygen atoms in total. The number of ether oxygens (including phenoxy) is 1. The van der Waals surface area contributed by atoms with Crippen molar-refractivity contribution in [1.82, 2.24) is 0 Å². The number of benzene rings is 1. The Morgan fingerprint density at radius 2 is 2.25 bits per heavy atom. The van der Waals surface area contributed by atoms with Gasteiger partial charge in [0.05, 0.1) is 11.6 Å². The van der Waals surface area contributed by atoms with Crippen molar-refractivity contribution in [3.63, 3.8) is 0 Å². The fourth-order valence-corrected chi connectivity index (χ4v) is 2.57. The minimum absolute atomic E-state index is 0.475. The molecule has 1 heterocycles. The Balaban J connectivity index is 1.93. The van der Waals surface area contributed by atoms with Gasteiger partial charge in [-0.2, -0.15) is 11.3 Å². The molecule has 1 aromatic carbocycles. The quantitative estimate of drug-likeness (QED) is 0.816. The molecule has 0 unspecified atom stereocenters. The fraction of sp³-hybridized carbons (Fsp3) is 0.133. The molecule has 0 atom stereocenters. The van der Waals surface area contributed by atoms with Gasteiger partial charge in [0.2, 0.25) is 0 Å². The SMILES string of the molecule is O=C(O)C=Cc1ccc(OCCc2ccsc2)c(Cl)c1. The highest BCUT2D eigenvalue weighted by Gasteiger charge is 2.03. The summed E-state index contributed by atoms with van der Waals surface area (Å²) in [5.74, 6) is -0.383. The Labute approximate surface area is 126 Å². The van der Waals surface area contributed by atoms with Gasteiger partial charge >= 0.3 is 5.97 Å². The summed E-state index contributed by atoms with van der Waals surface area (Å²) < 4.78 is 5.62. The second kappa shape index (κ2) is 7.12. The zero-order valence-corrected chi connectivity index (χ0v) is 12.2. The van der Waals surface area contributed by atoms with E-state index in [4.69, 9.17) is 21.4 Å². The second-order valence-electron chi connectivity index (χ2n) is 4.09. The number of hydrogen-bond donors (Lipinski definition) is 1. The van der Waals surface area contributed by atoms with Gasteiger partial charge in [-0.25, -0.2) is 4.79 Å². The lowest BCUT2D eigenvalue weighted by atomic mass is 10.2. The number of carboxylic acids is 1. The van der Waals surface area contributed by atoms with Crippen molar-refractivity contribution in [2.45, 2.75) is 6.42 Å². The topological polar surface area (TPSA) is 46.5 Å². The maximum atomic E-state index is 10.4. The van der Waals surface area contributed by atoms with Gasteiger partial charge in [-0.1, -0.05) is 17.7 Å². The van der Waals surface area contributed by atoms with Gasteiger partial charge < -0.3 is 9.84 Å². The lowest BCUT2D eigenvalue weighted by Gasteiger charge is -2.08. The Bertz CT molecular complexity index is 606. The molecule has 0 radical (unpaired) electrons. The first kappa shape index (κ1) is 14.6. The van der Waals surface area contributed by atoms with Crippen molar-refractivity contribution in [1.29, 1.82) is 0 Å². The van der Waals surface area contributed by atoms with E-state index in [-0.39, 0.29) is 0 Å². The number of thiophene rings is 1. The molecule has 0 saturated carbocycles. The van der Waals surface area contributed by atoms with Crippen molar-refractivity contribution in [3.8, 4) is 5.75 Å². The summed E-state index contributed by atoms with van der Waals surface area (Å²) in [6.45, 7) is 0.556. The molecular weight excluding hydrogens is 296 g/mol. The van der Waals surface area contributed by atoms with Gasteiger partial charge in [0.25, 0.3) is 0 Å². The molecule has 0 amide bonds. The van der Waals surface area contributed by atoms with Crippen LogP contribution in [0.2, 0.25) is 5.02 Å². The first-order chi connectivity index (χ1) is 9.65. The van der Waals surface area contributed by atoms with Crippen LogP contribution in [-0.2, 0) is 11.2 Å². The first-order valence-electron chi connectivity index (χ1n) is 5.99. The summed E-state index contributed by atoms with van der Waals surface area (Å²) in [5.41, 5.74) is 1.97. The van der Waals surface area contributed by atoms with Crippen molar-refractivity contribution in [2.24, 2.45) is 0 Å². The molecule has 2 rings (SSSR count). The molecule has 2 aromatic rings. The van der Waals surface area contributed by atoms with Crippen molar-refractivity contribution < 1.29 is 14.6 Å². The molecule has 1 N–H and O–H groups in total. The average molecular weight is 309 g/mol. The van der Waals surface area contributed by atoms with Gasteiger partial charge in [-0.3, -0.25) is 0 Å². The van der Waals surface area contributed by atoms with Crippen LogP contribution >= 0.6 is 22.9 Å². The van der Waals surface area contributed by atoms with Crippen LogP contribution in [0.15, 0.2) is 41.1 Å². The normalized spacial score (nSPS) is 10.8. The smallest absolute Gasteiger partial charge is 0.328 e. The number of hydrogen-bond acceptors (Lipinski definition) is 3. The minimum Gasteiger partial charge on any atom is -0.492 e. The molecule has 5 heteroatoms. The van der Waals surface area contributed by atoms with E-state index in [1.54, 1.807) is 29.5 Å². The van der Waals surface area contributed by atoms with Gasteiger partial charge in [0.1, 0.15) is 5.75 Å². The molecule has 0 bridgehead atoms. The lowest BCUT2D eigenvalue weighted by molar-refractivity contribution is -0.131. The molecule has 0 fully saturated rings. The molecule has 0 aliphatic carbocycles. The third-order valence-electron chi connectivity index (χ3n) is 2.60. The molecule has 1 aromatic heterocycles. The molecule has 104 valence electrons. The van der Waals surface area contributed by atoms with Crippen LogP contribution in [0.4, 0.5) is 0 Å². The van der Waals surface area contributed by atoms with E-state index >= 15 is 0 Å². The molecule has 0 aliphatic rings. The predicted molar refractivity (Wildman–Crippen MR) is 81.6 cm³/mol. The van der Waals surface area contributed by atoms with Gasteiger partial charge in [0, 0.05) is 12.5 Å². The monoisotopic (exact) mass is 308 g/mol. The third kappa shape index (κ3) is 4.40. The molecule has 0 spiro atoms. The third-order valence-corrected chi connectivity index (χ3v) is 3.63. The summed E-state index contributed by atoms with van der Waals surface area (Å²) in [5, 5.41) is 13.2. The molecule has 0 saturated heterocycles. The largest absolute Gasteiger partial charge is 0.492 e. The van der Waals surface area contributed by atoms with Crippen molar-refractivity contribution in [2.75, 3.05) is 6.61 Å². The maximum Gasteiger partial charge on any atom is 0.328 e. The number of halogens is 1. The summed E-state index contributed by atoms with van der Waals surface area (Å²) in [4.78, 5) is 10.4. The molecule has 0 aliphatic heterocycles. The Hall–Kier alpha value is -1.78. The second-order valence-corrected chi connectivity index (χ2v) is 5.28. The highest BCUT2D eigenvalue weighted by Crippen LogP contribution is 2.26. The van der Waals surface area contributed by atoms with Gasteiger partial charge in [0.15, 0.2) is 0 Å². The maximum absolute atomic E-state index is 10.4. The van der Waals surface area contributed by atoms with Crippen LogP contribution in [-0.4, -0.2) is 17.7 Å². The van der Waals surface area contributed by atoms with Crippen LogP contribution in [0.5, 0.6) is 5.75 Å². The van der Waals surface area contributed by atoms with E-state index in [9.17, 15) is 4.79 Å². The van der Waals surface area contributed by atoms with Crippen molar-refractivity contribution >= 4 is 35.0 Å². The number of rotatable bonds is 6. The van der Waals surface area contributed by atoms with E-state index in [2.05, 4.69) is 11.4 Å². The van der Waals surface area contributed by atoms with E-state index in [1.807, 2.05) is 5.38 Å². The standard InChI is InChI=1S/C15H13ClO3S/c16-13-9-11(2-4-15(17)18)1-3-14(13)19-7-5-12-6-8-20-10-12/h1-4,6,8-10H,5,7H2,(H,17,18). The highest BCUT2D eigenvalue weighted by molar-refractivity contribution is 7.07. The van der Waals surface area contributed by atoms with Crippen molar-refractivity contribution in [3.05, 3.63) is 57.3 Å². The minimum atomic E-state index is -0.989. The van der Waals surface area contributed by atoms with Gasteiger partial charge in [-0.15, -0.1) is 0 Å². The van der Waals surface area contributed by atoms with E-state index in [1.165, 1.54) is 11.6 Å². The van der Waals surface area contributed by atoms with E-state index < -0.39 is 5.97 Å². The zero-order valence-electron chi connectivity index (χ0n) is 10.6. The first-order valence-corrected chi connectivity index (χ1v) is 7.31. The Kier molecular flexibility index (Phi) is 5.21. The predicted octanol–water partition coefficient (Wildman–Crippen LogP) is 4.12. The number of carboxylic acid groups (broad SMARTS) is 1. The number of aliphatic carboxylic acids is 1. The van der Waals surface area contributed by atoms with Crippen LogP contribution in [0, 0.1) is 0 Å². The summed E-state index contributed by atoms with van der Waals surface area (Å²) in [6, 6.07) is 7.26. The Morgan fingerprint density at radius 1 is 1.40 bits per heavy atom. The van der Waals surface area contributed by atoms with Crippen LogP contribution in [0.3, 0.4) is 0 Å². The molecule has 20 heavy (non-hydrogen) atoms. The summed E-state index contributed by atoms with van der Waals surface area (Å²) >= 11 is 7.76. The number of carbonyl (C=O) groups is 1.